The summed E-state index contributed by atoms with van der Waals surface area (Å²) in [5, 5.41) is 7.22. The van der Waals surface area contributed by atoms with E-state index in [9.17, 15) is 0 Å². The molecule has 1 rings (SSSR count). The summed E-state index contributed by atoms with van der Waals surface area (Å²) in [6, 6.07) is 10.6. The second-order valence-electron chi connectivity index (χ2n) is 4.66. The first kappa shape index (κ1) is 14.6. The number of hydrogen-bond acceptors (Lipinski definition) is 2. The minimum atomic E-state index is 0.301. The van der Waals surface area contributed by atoms with E-state index in [1.165, 1.54) is 18.5 Å². The molecule has 3 heteroatoms. The van der Waals surface area contributed by atoms with Crippen molar-refractivity contribution in [1.29, 1.82) is 5.41 Å². The lowest BCUT2D eigenvalue weighted by molar-refractivity contribution is 0.667. The molecule has 3 nitrogen and oxygen atoms in total. The second-order valence-corrected chi connectivity index (χ2v) is 4.66. The number of anilines is 1. The highest BCUT2D eigenvalue weighted by Gasteiger charge is 2.05. The monoisotopic (exact) mass is 247 g/mol. The zero-order valence-corrected chi connectivity index (χ0v) is 11.4. The number of hydrogen-bond donors (Lipinski definition) is 2. The highest BCUT2D eigenvalue weighted by atomic mass is 15.1. The summed E-state index contributed by atoms with van der Waals surface area (Å²) in [6.45, 7) is 4.39. The van der Waals surface area contributed by atoms with Gasteiger partial charge in [0.1, 0.15) is 0 Å². The van der Waals surface area contributed by atoms with Crippen LogP contribution in [-0.2, 0) is 0 Å². The standard InChI is InChI=1S/C15H25N3/c1-2-3-12-18(13-8-7-11-15(16)17)14-9-5-4-6-10-14/h4-6,9-10H,2-3,7-8,11-13H2,1H3,(H3,16,17). The van der Waals surface area contributed by atoms with Gasteiger partial charge in [-0.25, -0.2) is 0 Å². The maximum absolute atomic E-state index is 7.22. The molecule has 0 aliphatic heterocycles. The van der Waals surface area contributed by atoms with Gasteiger partial charge in [0.15, 0.2) is 0 Å². The van der Waals surface area contributed by atoms with Gasteiger partial charge in [-0.3, -0.25) is 5.41 Å². The Morgan fingerprint density at radius 3 is 2.39 bits per heavy atom. The van der Waals surface area contributed by atoms with Crippen LogP contribution in [0.4, 0.5) is 5.69 Å². The van der Waals surface area contributed by atoms with Crippen LogP contribution in [0.1, 0.15) is 39.0 Å². The van der Waals surface area contributed by atoms with Crippen molar-refractivity contribution < 1.29 is 0 Å². The Kier molecular flexibility index (Phi) is 6.92. The average Bonchev–Trinajstić information content (AvgIpc) is 2.38. The van der Waals surface area contributed by atoms with Crippen LogP contribution in [0.2, 0.25) is 0 Å². The molecule has 0 aliphatic carbocycles. The highest BCUT2D eigenvalue weighted by Crippen LogP contribution is 2.15. The molecule has 18 heavy (non-hydrogen) atoms. The third-order valence-corrected chi connectivity index (χ3v) is 3.03. The Morgan fingerprint density at radius 2 is 1.78 bits per heavy atom. The molecule has 0 aromatic heterocycles. The first-order valence-corrected chi connectivity index (χ1v) is 6.87. The van der Waals surface area contributed by atoms with E-state index in [1.807, 2.05) is 0 Å². The lowest BCUT2D eigenvalue weighted by Crippen LogP contribution is -2.25. The normalized spacial score (nSPS) is 10.3. The molecule has 0 saturated carbocycles. The van der Waals surface area contributed by atoms with Crippen LogP contribution in [0.15, 0.2) is 30.3 Å². The van der Waals surface area contributed by atoms with E-state index in [2.05, 4.69) is 42.2 Å². The number of benzene rings is 1. The smallest absolute Gasteiger partial charge is 0.0905 e. The third-order valence-electron chi connectivity index (χ3n) is 3.03. The molecule has 0 aliphatic rings. The fraction of sp³-hybridized carbons (Fsp3) is 0.533. The summed E-state index contributed by atoms with van der Waals surface area (Å²) in [7, 11) is 0. The fourth-order valence-electron chi connectivity index (χ4n) is 1.98. The lowest BCUT2D eigenvalue weighted by Gasteiger charge is -2.24. The molecule has 0 saturated heterocycles. The SMILES string of the molecule is CCCCN(CCCCC(=N)N)c1ccccc1. The maximum Gasteiger partial charge on any atom is 0.0905 e. The summed E-state index contributed by atoms with van der Waals surface area (Å²) < 4.78 is 0. The van der Waals surface area contributed by atoms with E-state index in [1.54, 1.807) is 0 Å². The first-order valence-electron chi connectivity index (χ1n) is 6.87. The van der Waals surface area contributed by atoms with Crippen LogP contribution >= 0.6 is 0 Å². The van der Waals surface area contributed by atoms with E-state index in [4.69, 9.17) is 11.1 Å². The molecular formula is C15H25N3. The van der Waals surface area contributed by atoms with Gasteiger partial charge in [-0.1, -0.05) is 31.5 Å². The number of nitrogens with one attached hydrogen (secondary N) is 1. The summed E-state index contributed by atoms with van der Waals surface area (Å²) in [5.41, 5.74) is 6.67. The molecule has 0 unspecified atom stereocenters. The van der Waals surface area contributed by atoms with Crippen LogP contribution in [-0.4, -0.2) is 18.9 Å². The molecule has 0 radical (unpaired) electrons. The Bertz CT molecular complexity index is 335. The number of nitrogens with zero attached hydrogens (tertiary/aromatic N) is 1. The molecule has 0 bridgehead atoms. The average molecular weight is 247 g/mol. The molecule has 1 aromatic rings. The Morgan fingerprint density at radius 1 is 1.11 bits per heavy atom. The van der Waals surface area contributed by atoms with E-state index in [-0.39, 0.29) is 0 Å². The Labute approximate surface area is 111 Å². The number of unbranched alkanes of at least 4 members (excludes halogenated alkanes) is 2. The van der Waals surface area contributed by atoms with Crippen molar-refractivity contribution in [3.63, 3.8) is 0 Å². The maximum atomic E-state index is 7.22. The van der Waals surface area contributed by atoms with Gasteiger partial charge in [0.25, 0.3) is 0 Å². The number of rotatable bonds is 9. The molecule has 1 aromatic carbocycles. The van der Waals surface area contributed by atoms with Gasteiger partial charge >= 0.3 is 0 Å². The van der Waals surface area contributed by atoms with Crippen molar-refractivity contribution >= 4 is 11.5 Å². The number of nitrogens with two attached hydrogens (primary N) is 1. The molecule has 0 heterocycles. The minimum Gasteiger partial charge on any atom is -0.388 e. The fourth-order valence-corrected chi connectivity index (χ4v) is 1.98. The predicted molar refractivity (Wildman–Crippen MR) is 79.3 cm³/mol. The summed E-state index contributed by atoms with van der Waals surface area (Å²) in [5.74, 6) is 0.301. The number of amidine groups is 1. The molecule has 0 atom stereocenters. The van der Waals surface area contributed by atoms with E-state index in [0.717, 1.165) is 32.4 Å². The van der Waals surface area contributed by atoms with Crippen molar-refractivity contribution in [2.75, 3.05) is 18.0 Å². The topological polar surface area (TPSA) is 53.1 Å². The van der Waals surface area contributed by atoms with Gasteiger partial charge in [-0.05, 0) is 31.4 Å². The number of para-hydroxylation sites is 1. The first-order chi connectivity index (χ1) is 8.74. The van der Waals surface area contributed by atoms with Crippen molar-refractivity contribution in [3.8, 4) is 0 Å². The summed E-state index contributed by atoms with van der Waals surface area (Å²) >= 11 is 0. The van der Waals surface area contributed by atoms with Crippen molar-refractivity contribution in [2.24, 2.45) is 5.73 Å². The van der Waals surface area contributed by atoms with Crippen molar-refractivity contribution in [3.05, 3.63) is 30.3 Å². The third kappa shape index (κ3) is 5.71. The summed E-state index contributed by atoms with van der Waals surface area (Å²) in [4.78, 5) is 2.43. The quantitative estimate of drug-likeness (QED) is 0.399. The lowest BCUT2D eigenvalue weighted by atomic mass is 10.2. The van der Waals surface area contributed by atoms with Gasteiger partial charge in [0, 0.05) is 25.2 Å². The van der Waals surface area contributed by atoms with E-state index >= 15 is 0 Å². The summed E-state index contributed by atoms with van der Waals surface area (Å²) in [6.07, 6.45) is 5.26. The minimum absolute atomic E-state index is 0.301. The largest absolute Gasteiger partial charge is 0.388 e. The van der Waals surface area contributed by atoms with Gasteiger partial charge in [0.05, 0.1) is 5.84 Å². The Hall–Kier alpha value is -1.51. The van der Waals surface area contributed by atoms with Gasteiger partial charge < -0.3 is 10.6 Å². The molecule has 100 valence electrons. The highest BCUT2D eigenvalue weighted by molar-refractivity contribution is 5.76. The molecule has 3 N–H and O–H groups in total. The van der Waals surface area contributed by atoms with Crippen LogP contribution in [0.25, 0.3) is 0 Å². The van der Waals surface area contributed by atoms with Crippen LogP contribution in [0, 0.1) is 5.41 Å². The molecule has 0 amide bonds. The Balaban J connectivity index is 2.43. The van der Waals surface area contributed by atoms with Crippen LogP contribution < -0.4 is 10.6 Å². The van der Waals surface area contributed by atoms with Gasteiger partial charge in [-0.2, -0.15) is 0 Å². The van der Waals surface area contributed by atoms with E-state index in [0.29, 0.717) is 5.84 Å². The molecule has 0 fully saturated rings. The molecular weight excluding hydrogens is 222 g/mol. The van der Waals surface area contributed by atoms with Crippen molar-refractivity contribution in [2.45, 2.75) is 39.0 Å². The molecule has 0 spiro atoms. The van der Waals surface area contributed by atoms with E-state index < -0.39 is 0 Å². The van der Waals surface area contributed by atoms with Gasteiger partial charge in [-0.15, -0.1) is 0 Å². The predicted octanol–water partition coefficient (Wildman–Crippen LogP) is 3.40. The van der Waals surface area contributed by atoms with Crippen molar-refractivity contribution in [1.82, 2.24) is 0 Å². The van der Waals surface area contributed by atoms with Gasteiger partial charge in [0.2, 0.25) is 0 Å². The van der Waals surface area contributed by atoms with Crippen LogP contribution in [0.5, 0.6) is 0 Å². The zero-order chi connectivity index (χ0) is 13.2. The van der Waals surface area contributed by atoms with Crippen LogP contribution in [0.3, 0.4) is 0 Å². The zero-order valence-electron chi connectivity index (χ0n) is 11.4. The second kappa shape index (κ2) is 8.56.